The van der Waals surface area contributed by atoms with E-state index in [1.165, 1.54) is 17.8 Å². The van der Waals surface area contributed by atoms with Gasteiger partial charge < -0.3 is 9.55 Å². The molecule has 0 aliphatic rings. The summed E-state index contributed by atoms with van der Waals surface area (Å²) in [4.78, 5) is 38.0. The number of hydrogen-bond donors (Lipinski definition) is 1. The highest BCUT2D eigenvalue weighted by molar-refractivity contribution is 6.28. The van der Waals surface area contributed by atoms with E-state index >= 15 is 0 Å². The molecule has 0 spiro atoms. The lowest BCUT2D eigenvalue weighted by Gasteiger charge is -2.09. The molecule has 12 heteroatoms. The highest BCUT2D eigenvalue weighted by Crippen LogP contribution is 2.30. The van der Waals surface area contributed by atoms with Gasteiger partial charge in [0.15, 0.2) is 11.3 Å². The number of aryl methyl sites for hydroxylation is 1. The van der Waals surface area contributed by atoms with Crippen molar-refractivity contribution in [2.75, 3.05) is 0 Å². The highest BCUT2D eigenvalue weighted by Gasteiger charge is 2.34. The third-order valence-electron chi connectivity index (χ3n) is 4.40. The van der Waals surface area contributed by atoms with Crippen molar-refractivity contribution in [2.24, 2.45) is 7.05 Å². The topological polar surface area (TPSA) is 98.5 Å². The van der Waals surface area contributed by atoms with E-state index < -0.39 is 23.0 Å². The number of nitrogens with zero attached hydrogens (tertiary/aromatic N) is 5. The lowest BCUT2D eigenvalue weighted by molar-refractivity contribution is -0.140. The number of fused-ring (bicyclic) bond motifs is 1. The van der Waals surface area contributed by atoms with E-state index in [1.807, 2.05) is 0 Å². The van der Waals surface area contributed by atoms with Crippen LogP contribution in [-0.2, 0) is 19.8 Å². The number of alkyl halides is 3. The van der Waals surface area contributed by atoms with Crippen LogP contribution in [0.5, 0.6) is 0 Å². The largest absolute Gasteiger partial charge is 0.434 e. The van der Waals surface area contributed by atoms with Gasteiger partial charge in [-0.05, 0) is 17.2 Å². The molecule has 1 aromatic carbocycles. The predicted molar refractivity (Wildman–Crippen MR) is 102 cm³/mol. The van der Waals surface area contributed by atoms with E-state index in [-0.39, 0.29) is 28.8 Å². The minimum absolute atomic E-state index is 0.00123. The molecule has 0 atom stereocenters. The maximum Gasteiger partial charge on any atom is 0.434 e. The van der Waals surface area contributed by atoms with E-state index in [9.17, 15) is 22.8 Å². The fourth-order valence-corrected chi connectivity index (χ4v) is 3.13. The Kier molecular flexibility index (Phi) is 4.69. The molecule has 4 aromatic rings. The number of imidazole rings is 1. The van der Waals surface area contributed by atoms with E-state index in [4.69, 9.17) is 11.6 Å². The van der Waals surface area contributed by atoms with Crippen molar-refractivity contribution in [3.63, 3.8) is 0 Å². The SMILES string of the molecule is Cn1cc(C(F)(F)F)nc1-c1ccc(Cn2c(=O)c(=O)[nH]c3cnc(Cl)nc32)cc1. The molecule has 0 saturated heterocycles. The van der Waals surface area contributed by atoms with Crippen LogP contribution in [0.4, 0.5) is 13.2 Å². The number of H-pyrrole nitrogens is 1. The van der Waals surface area contributed by atoms with Crippen LogP contribution in [0.15, 0.2) is 46.2 Å². The van der Waals surface area contributed by atoms with Crippen molar-refractivity contribution in [3.05, 3.63) is 73.9 Å². The first-order chi connectivity index (χ1) is 14.1. The second-order valence-electron chi connectivity index (χ2n) is 6.48. The summed E-state index contributed by atoms with van der Waals surface area (Å²) >= 11 is 5.80. The van der Waals surface area contributed by atoms with Crippen LogP contribution < -0.4 is 11.1 Å². The predicted octanol–water partition coefficient (Wildman–Crippen LogP) is 2.60. The minimum atomic E-state index is -4.54. The summed E-state index contributed by atoms with van der Waals surface area (Å²) in [5.41, 5.74) is -1.16. The molecule has 1 N–H and O–H groups in total. The molecule has 0 aliphatic heterocycles. The van der Waals surface area contributed by atoms with E-state index in [2.05, 4.69) is 19.9 Å². The zero-order chi connectivity index (χ0) is 21.6. The van der Waals surface area contributed by atoms with E-state index in [0.29, 0.717) is 11.1 Å². The van der Waals surface area contributed by atoms with Gasteiger partial charge in [-0.25, -0.2) is 9.97 Å². The van der Waals surface area contributed by atoms with Gasteiger partial charge in [-0.1, -0.05) is 24.3 Å². The summed E-state index contributed by atoms with van der Waals surface area (Å²) in [6.45, 7) is 0.00123. The van der Waals surface area contributed by atoms with Crippen LogP contribution in [0.25, 0.3) is 22.6 Å². The van der Waals surface area contributed by atoms with Gasteiger partial charge in [0.25, 0.3) is 0 Å². The number of aromatic nitrogens is 6. The molecule has 0 radical (unpaired) electrons. The minimum Gasteiger partial charge on any atom is -0.333 e. The number of aromatic amines is 1. The van der Waals surface area contributed by atoms with Crippen molar-refractivity contribution < 1.29 is 13.2 Å². The molecule has 0 bridgehead atoms. The average Bonchev–Trinajstić information content (AvgIpc) is 3.09. The molecule has 0 saturated carbocycles. The van der Waals surface area contributed by atoms with Gasteiger partial charge in [0.2, 0.25) is 5.28 Å². The van der Waals surface area contributed by atoms with Crippen LogP contribution in [0.3, 0.4) is 0 Å². The van der Waals surface area contributed by atoms with Crippen LogP contribution in [0.2, 0.25) is 5.28 Å². The first-order valence-electron chi connectivity index (χ1n) is 8.49. The Labute approximate surface area is 170 Å². The van der Waals surface area contributed by atoms with Gasteiger partial charge in [0.1, 0.15) is 11.3 Å². The third-order valence-corrected chi connectivity index (χ3v) is 4.58. The Morgan fingerprint density at radius 1 is 1.13 bits per heavy atom. The summed E-state index contributed by atoms with van der Waals surface area (Å²) in [5, 5.41) is -0.0895. The Bertz CT molecular complexity index is 1370. The monoisotopic (exact) mass is 436 g/mol. The van der Waals surface area contributed by atoms with Crippen LogP contribution in [0.1, 0.15) is 11.3 Å². The number of hydrogen-bond acceptors (Lipinski definition) is 5. The number of halogens is 4. The van der Waals surface area contributed by atoms with Gasteiger partial charge in [-0.15, -0.1) is 0 Å². The van der Waals surface area contributed by atoms with E-state index in [0.717, 1.165) is 10.8 Å². The summed E-state index contributed by atoms with van der Waals surface area (Å²) in [6, 6.07) is 6.42. The molecule has 4 rings (SSSR count). The smallest absolute Gasteiger partial charge is 0.333 e. The third kappa shape index (κ3) is 3.59. The summed E-state index contributed by atoms with van der Waals surface area (Å²) in [5.74, 6) is 0.146. The van der Waals surface area contributed by atoms with Gasteiger partial charge in [-0.2, -0.15) is 18.2 Å². The average molecular weight is 437 g/mol. The maximum atomic E-state index is 12.9. The van der Waals surface area contributed by atoms with Gasteiger partial charge in [0.05, 0.1) is 12.7 Å². The van der Waals surface area contributed by atoms with Crippen LogP contribution in [0, 0.1) is 0 Å². The fourth-order valence-electron chi connectivity index (χ4n) is 3.00. The highest BCUT2D eigenvalue weighted by atomic mass is 35.5. The quantitative estimate of drug-likeness (QED) is 0.393. The van der Waals surface area contributed by atoms with Crippen LogP contribution in [-0.4, -0.2) is 29.1 Å². The summed E-state index contributed by atoms with van der Waals surface area (Å²) in [7, 11) is 1.47. The fraction of sp³-hybridized carbons (Fsp3) is 0.167. The number of nitrogens with one attached hydrogen (secondary N) is 1. The first kappa shape index (κ1) is 19.8. The van der Waals surface area contributed by atoms with E-state index in [1.54, 1.807) is 24.3 Å². The molecule has 0 amide bonds. The van der Waals surface area contributed by atoms with Crippen molar-refractivity contribution in [3.8, 4) is 11.4 Å². The molecule has 8 nitrogen and oxygen atoms in total. The van der Waals surface area contributed by atoms with Crippen molar-refractivity contribution in [2.45, 2.75) is 12.7 Å². The molecule has 0 unspecified atom stereocenters. The zero-order valence-electron chi connectivity index (χ0n) is 15.2. The Hall–Kier alpha value is -3.47. The van der Waals surface area contributed by atoms with Gasteiger partial charge in [-0.3, -0.25) is 14.2 Å². The lowest BCUT2D eigenvalue weighted by Crippen LogP contribution is -2.37. The normalized spacial score (nSPS) is 11.9. The van der Waals surface area contributed by atoms with Gasteiger partial charge in [0, 0.05) is 18.8 Å². The van der Waals surface area contributed by atoms with Gasteiger partial charge >= 0.3 is 17.3 Å². The molecular formula is C18H12ClF3N6O2. The second-order valence-corrected chi connectivity index (χ2v) is 6.82. The lowest BCUT2D eigenvalue weighted by atomic mass is 10.1. The molecule has 30 heavy (non-hydrogen) atoms. The van der Waals surface area contributed by atoms with Crippen molar-refractivity contribution in [1.29, 1.82) is 0 Å². The summed E-state index contributed by atoms with van der Waals surface area (Å²) in [6.07, 6.45) is -2.33. The maximum absolute atomic E-state index is 12.9. The molecular weight excluding hydrogens is 425 g/mol. The molecule has 0 fully saturated rings. The Balaban J connectivity index is 1.71. The van der Waals surface area contributed by atoms with Crippen molar-refractivity contribution in [1.82, 2.24) is 29.1 Å². The molecule has 0 aliphatic carbocycles. The van der Waals surface area contributed by atoms with Crippen molar-refractivity contribution >= 4 is 22.8 Å². The second kappa shape index (κ2) is 7.10. The Morgan fingerprint density at radius 3 is 2.47 bits per heavy atom. The zero-order valence-corrected chi connectivity index (χ0v) is 16.0. The number of benzene rings is 1. The molecule has 3 aromatic heterocycles. The number of rotatable bonds is 3. The standard InChI is InChI=1S/C18H12ClF3N6O2/c1-27-8-12(18(20,21)22)25-13(27)10-4-2-9(3-5-10)7-28-14-11(6-23-17(19)26-14)24-15(29)16(28)30/h2-6,8H,7H2,1H3,(H,24,29). The first-order valence-corrected chi connectivity index (χ1v) is 8.86. The van der Waals surface area contributed by atoms with Crippen LogP contribution >= 0.6 is 11.6 Å². The summed E-state index contributed by atoms with van der Waals surface area (Å²) < 4.78 is 41.1. The Morgan fingerprint density at radius 2 is 1.83 bits per heavy atom. The molecule has 154 valence electrons. The molecule has 3 heterocycles.